The number of nitrogens with zero attached hydrogens (tertiary/aromatic N) is 1. The first-order valence-corrected chi connectivity index (χ1v) is 9.82. The Balaban J connectivity index is 1.18. The summed E-state index contributed by atoms with van der Waals surface area (Å²) in [5.74, 6) is 2.79. The number of hydrogen-bond acceptors (Lipinski definition) is 2. The fraction of sp³-hybridized carbons (Fsp3) is 0.667. The van der Waals surface area contributed by atoms with Crippen LogP contribution in [0.3, 0.4) is 0 Å². The molecule has 130 valence electrons. The first kappa shape index (κ1) is 16.1. The molecule has 2 saturated carbocycles. The Bertz CT molecular complexity index is 550. The third-order valence-corrected chi connectivity index (χ3v) is 6.53. The van der Waals surface area contributed by atoms with Crippen molar-refractivity contribution in [3.8, 4) is 0 Å². The predicted molar refractivity (Wildman–Crippen MR) is 96.4 cm³/mol. The average Bonchev–Trinajstić information content (AvgIpc) is 3.20. The highest BCUT2D eigenvalue weighted by Gasteiger charge is 2.40. The average molecular weight is 326 g/mol. The van der Waals surface area contributed by atoms with E-state index in [1.54, 1.807) is 0 Å². The van der Waals surface area contributed by atoms with Crippen molar-refractivity contribution < 1.29 is 4.79 Å². The Labute approximate surface area is 145 Å². The molecule has 0 spiro atoms. The van der Waals surface area contributed by atoms with Gasteiger partial charge in [-0.2, -0.15) is 0 Å². The van der Waals surface area contributed by atoms with E-state index in [2.05, 4.69) is 40.5 Å². The Morgan fingerprint density at radius 2 is 1.83 bits per heavy atom. The Hall–Kier alpha value is -1.35. The van der Waals surface area contributed by atoms with Gasteiger partial charge < -0.3 is 5.32 Å². The second kappa shape index (κ2) is 7.26. The van der Waals surface area contributed by atoms with Crippen LogP contribution >= 0.6 is 0 Å². The summed E-state index contributed by atoms with van der Waals surface area (Å²) in [7, 11) is 0. The molecule has 1 amide bonds. The molecule has 3 atom stereocenters. The van der Waals surface area contributed by atoms with Gasteiger partial charge in [0.1, 0.15) is 0 Å². The molecule has 1 N–H and O–H groups in total. The van der Waals surface area contributed by atoms with Crippen LogP contribution < -0.4 is 5.32 Å². The van der Waals surface area contributed by atoms with E-state index >= 15 is 0 Å². The van der Waals surface area contributed by atoms with Gasteiger partial charge in [0.2, 0.25) is 5.91 Å². The second-order valence-corrected chi connectivity index (χ2v) is 8.24. The first-order chi connectivity index (χ1) is 11.8. The number of hydrogen-bond donors (Lipinski definition) is 1. The lowest BCUT2D eigenvalue weighted by atomic mass is 9.86. The zero-order valence-corrected chi connectivity index (χ0v) is 14.6. The van der Waals surface area contributed by atoms with E-state index in [9.17, 15) is 4.79 Å². The van der Waals surface area contributed by atoms with E-state index in [1.165, 1.54) is 31.2 Å². The lowest BCUT2D eigenvalue weighted by molar-refractivity contribution is -0.123. The van der Waals surface area contributed by atoms with E-state index in [4.69, 9.17) is 0 Å². The van der Waals surface area contributed by atoms with Gasteiger partial charge in [0, 0.05) is 32.1 Å². The van der Waals surface area contributed by atoms with Crippen LogP contribution in [0.2, 0.25) is 0 Å². The van der Waals surface area contributed by atoms with Gasteiger partial charge in [-0.25, -0.2) is 0 Å². The number of likely N-dealkylation sites (tertiary alicyclic amines) is 1. The van der Waals surface area contributed by atoms with Gasteiger partial charge >= 0.3 is 0 Å². The highest BCUT2D eigenvalue weighted by atomic mass is 16.1. The Morgan fingerprint density at radius 1 is 1.04 bits per heavy atom. The normalized spacial score (nSPS) is 30.6. The molecule has 24 heavy (non-hydrogen) atoms. The lowest BCUT2D eigenvalue weighted by Gasteiger charge is -2.32. The summed E-state index contributed by atoms with van der Waals surface area (Å²) in [5, 5.41) is 3.32. The van der Waals surface area contributed by atoms with Crippen molar-refractivity contribution in [1.29, 1.82) is 0 Å². The van der Waals surface area contributed by atoms with Gasteiger partial charge in [0.15, 0.2) is 0 Å². The standard InChI is InChI=1S/C21H30N2O/c24-21(14-19-13-17-6-7-18(19)12-17)22-20-8-10-23(11-9-20)15-16-4-2-1-3-5-16/h1-5,17-20H,6-15H2,(H,22,24)/t17-,18+,19+/m0/s1. The number of benzene rings is 1. The van der Waals surface area contributed by atoms with E-state index in [0.29, 0.717) is 17.9 Å². The molecule has 3 aliphatic rings. The van der Waals surface area contributed by atoms with Crippen molar-refractivity contribution in [2.75, 3.05) is 13.1 Å². The summed E-state index contributed by atoms with van der Waals surface area (Å²) in [6.45, 7) is 3.22. The van der Waals surface area contributed by atoms with Gasteiger partial charge in [-0.3, -0.25) is 9.69 Å². The molecular weight excluding hydrogens is 296 g/mol. The van der Waals surface area contributed by atoms with Gasteiger partial charge in [-0.15, -0.1) is 0 Å². The molecule has 3 heteroatoms. The van der Waals surface area contributed by atoms with Crippen LogP contribution in [0.25, 0.3) is 0 Å². The van der Waals surface area contributed by atoms with Crippen LogP contribution in [-0.2, 0) is 11.3 Å². The molecule has 2 bridgehead atoms. The maximum absolute atomic E-state index is 12.4. The third-order valence-electron chi connectivity index (χ3n) is 6.53. The fourth-order valence-corrected chi connectivity index (χ4v) is 5.23. The third kappa shape index (κ3) is 3.83. The van der Waals surface area contributed by atoms with Crippen molar-refractivity contribution in [3.05, 3.63) is 35.9 Å². The fourth-order valence-electron chi connectivity index (χ4n) is 5.23. The molecule has 0 unspecified atom stereocenters. The molecule has 1 aliphatic heterocycles. The Kier molecular flexibility index (Phi) is 4.88. The van der Waals surface area contributed by atoms with Crippen LogP contribution in [0.1, 0.15) is 50.5 Å². The van der Waals surface area contributed by atoms with Crippen LogP contribution in [0.4, 0.5) is 0 Å². The molecule has 1 aromatic rings. The zero-order chi connectivity index (χ0) is 16.4. The predicted octanol–water partition coefficient (Wildman–Crippen LogP) is 3.59. The highest BCUT2D eigenvalue weighted by Crippen LogP contribution is 2.49. The molecule has 1 aromatic carbocycles. The maximum atomic E-state index is 12.4. The van der Waals surface area contributed by atoms with E-state index in [1.807, 2.05) is 0 Å². The first-order valence-electron chi connectivity index (χ1n) is 9.82. The molecule has 0 radical (unpaired) electrons. The summed E-state index contributed by atoms with van der Waals surface area (Å²) in [6.07, 6.45) is 8.47. The molecule has 2 aliphatic carbocycles. The molecule has 4 rings (SSSR count). The minimum absolute atomic E-state index is 0.314. The molecule has 0 aromatic heterocycles. The zero-order valence-electron chi connectivity index (χ0n) is 14.6. The minimum Gasteiger partial charge on any atom is -0.353 e. The summed E-state index contributed by atoms with van der Waals surface area (Å²) in [6, 6.07) is 11.1. The lowest BCUT2D eigenvalue weighted by Crippen LogP contribution is -2.44. The smallest absolute Gasteiger partial charge is 0.220 e. The van der Waals surface area contributed by atoms with Gasteiger partial charge in [-0.05, 0) is 55.4 Å². The SMILES string of the molecule is O=C(C[C@H]1C[C@H]2CC[C@@H]1C2)NC1CCN(Cc2ccccc2)CC1. The van der Waals surface area contributed by atoms with Crippen LogP contribution in [-0.4, -0.2) is 29.9 Å². The van der Waals surface area contributed by atoms with Gasteiger partial charge in [0.05, 0.1) is 0 Å². The summed E-state index contributed by atoms with van der Waals surface area (Å²) in [4.78, 5) is 14.9. The topological polar surface area (TPSA) is 32.3 Å². The minimum atomic E-state index is 0.314. The monoisotopic (exact) mass is 326 g/mol. The van der Waals surface area contributed by atoms with Gasteiger partial charge in [-0.1, -0.05) is 36.8 Å². The number of carbonyl (C=O) groups excluding carboxylic acids is 1. The van der Waals surface area contributed by atoms with Crippen LogP contribution in [0, 0.1) is 17.8 Å². The van der Waals surface area contributed by atoms with Crippen LogP contribution in [0.15, 0.2) is 30.3 Å². The summed E-state index contributed by atoms with van der Waals surface area (Å²) in [5.41, 5.74) is 1.39. The molecule has 1 heterocycles. The molecular formula is C21H30N2O. The number of rotatable bonds is 5. The number of carbonyl (C=O) groups is 1. The Morgan fingerprint density at radius 3 is 2.50 bits per heavy atom. The summed E-state index contributed by atoms with van der Waals surface area (Å²) < 4.78 is 0. The highest BCUT2D eigenvalue weighted by molar-refractivity contribution is 5.76. The number of nitrogens with one attached hydrogen (secondary N) is 1. The summed E-state index contributed by atoms with van der Waals surface area (Å²) >= 11 is 0. The molecule has 3 fully saturated rings. The van der Waals surface area contributed by atoms with E-state index in [-0.39, 0.29) is 0 Å². The molecule has 3 nitrogen and oxygen atoms in total. The number of fused-ring (bicyclic) bond motifs is 2. The van der Waals surface area contributed by atoms with Crippen molar-refractivity contribution in [1.82, 2.24) is 10.2 Å². The quantitative estimate of drug-likeness (QED) is 0.897. The van der Waals surface area contributed by atoms with E-state index in [0.717, 1.165) is 50.7 Å². The van der Waals surface area contributed by atoms with Crippen LogP contribution in [0.5, 0.6) is 0 Å². The largest absolute Gasteiger partial charge is 0.353 e. The van der Waals surface area contributed by atoms with Crippen molar-refractivity contribution in [2.45, 2.75) is 57.5 Å². The van der Waals surface area contributed by atoms with Crippen molar-refractivity contribution >= 4 is 5.91 Å². The number of amides is 1. The maximum Gasteiger partial charge on any atom is 0.220 e. The van der Waals surface area contributed by atoms with Crippen molar-refractivity contribution in [2.24, 2.45) is 17.8 Å². The van der Waals surface area contributed by atoms with Gasteiger partial charge in [0.25, 0.3) is 0 Å². The second-order valence-electron chi connectivity index (χ2n) is 8.24. The van der Waals surface area contributed by atoms with E-state index < -0.39 is 0 Å². The number of piperidine rings is 1. The van der Waals surface area contributed by atoms with Crippen molar-refractivity contribution in [3.63, 3.8) is 0 Å². The molecule has 1 saturated heterocycles.